The van der Waals surface area contributed by atoms with Crippen LogP contribution in [0.3, 0.4) is 0 Å². The largest absolute Gasteiger partial charge is 0.375 e. The molecule has 1 atom stereocenters. The second-order valence-electron chi connectivity index (χ2n) is 6.40. The van der Waals surface area contributed by atoms with Gasteiger partial charge in [0.1, 0.15) is 5.82 Å². The molecule has 7 heteroatoms. The molecule has 138 valence electrons. The molecule has 0 bridgehead atoms. The predicted molar refractivity (Wildman–Crippen MR) is 94.2 cm³/mol. The number of aryl methyl sites for hydroxylation is 2. The molecule has 0 unspecified atom stereocenters. The summed E-state index contributed by atoms with van der Waals surface area (Å²) in [5.41, 5.74) is 1.36. The third kappa shape index (κ3) is 5.23. The van der Waals surface area contributed by atoms with Crippen molar-refractivity contribution in [2.75, 3.05) is 19.7 Å². The first-order valence-corrected chi connectivity index (χ1v) is 8.77. The minimum Gasteiger partial charge on any atom is -0.375 e. The normalized spacial score (nSPS) is 17.3. The van der Waals surface area contributed by atoms with E-state index < -0.39 is 0 Å². The summed E-state index contributed by atoms with van der Waals surface area (Å²) in [6.45, 7) is 1.60. The number of amides is 1. The van der Waals surface area contributed by atoms with Crippen molar-refractivity contribution in [1.82, 2.24) is 14.9 Å². The van der Waals surface area contributed by atoms with E-state index >= 15 is 0 Å². The summed E-state index contributed by atoms with van der Waals surface area (Å²) in [6.07, 6.45) is 3.52. The molecule has 6 nitrogen and oxygen atoms in total. The van der Waals surface area contributed by atoms with Gasteiger partial charge >= 0.3 is 0 Å². The number of ether oxygens (including phenoxy) is 1. The summed E-state index contributed by atoms with van der Waals surface area (Å²) in [5.74, 6) is -0.230. The molecule has 2 heterocycles. The van der Waals surface area contributed by atoms with E-state index in [0.717, 1.165) is 5.56 Å². The summed E-state index contributed by atoms with van der Waals surface area (Å²) < 4.78 is 18.9. The molecular weight excluding hydrogens is 337 g/mol. The third-order valence-corrected chi connectivity index (χ3v) is 4.47. The van der Waals surface area contributed by atoms with Crippen LogP contribution in [0.4, 0.5) is 4.39 Å². The van der Waals surface area contributed by atoms with Crippen molar-refractivity contribution in [2.45, 2.75) is 31.8 Å². The number of rotatable bonds is 6. The first-order valence-electron chi connectivity index (χ1n) is 8.77. The summed E-state index contributed by atoms with van der Waals surface area (Å²) in [5, 5.41) is 0. The van der Waals surface area contributed by atoms with Crippen molar-refractivity contribution in [1.29, 1.82) is 0 Å². The molecule has 1 fully saturated rings. The number of hydrogen-bond donors (Lipinski definition) is 1. The molecule has 1 amide bonds. The maximum atomic E-state index is 13.2. The molecule has 1 aromatic carbocycles. The van der Waals surface area contributed by atoms with Crippen molar-refractivity contribution in [3.05, 3.63) is 64.1 Å². The number of carbonyl (C=O) groups excluding carboxylic acids is 1. The lowest BCUT2D eigenvalue weighted by atomic mass is 10.1. The van der Waals surface area contributed by atoms with Crippen molar-refractivity contribution >= 4 is 5.91 Å². The number of hydrogen-bond acceptors (Lipinski definition) is 4. The zero-order valence-electron chi connectivity index (χ0n) is 14.5. The van der Waals surface area contributed by atoms with Gasteiger partial charge in [-0.2, -0.15) is 0 Å². The van der Waals surface area contributed by atoms with Gasteiger partial charge in [0.25, 0.3) is 5.56 Å². The maximum Gasteiger partial charge on any atom is 0.250 e. The lowest BCUT2D eigenvalue weighted by Gasteiger charge is -2.33. The first-order chi connectivity index (χ1) is 12.6. The number of benzene rings is 1. The van der Waals surface area contributed by atoms with Crippen molar-refractivity contribution < 1.29 is 13.9 Å². The minimum absolute atomic E-state index is 0.0526. The minimum atomic E-state index is -0.283. The molecule has 0 spiro atoms. The van der Waals surface area contributed by atoms with Gasteiger partial charge in [-0.25, -0.2) is 9.37 Å². The fraction of sp³-hybridized carbons (Fsp3) is 0.421. The van der Waals surface area contributed by atoms with Crippen LogP contribution in [0.1, 0.15) is 24.1 Å². The molecule has 0 aliphatic carbocycles. The Bertz CT molecular complexity index is 808. The summed E-state index contributed by atoms with van der Waals surface area (Å²) in [7, 11) is 0. The quantitative estimate of drug-likeness (QED) is 0.852. The van der Waals surface area contributed by atoms with Crippen LogP contribution < -0.4 is 5.56 Å². The Balaban J connectivity index is 1.47. The lowest BCUT2D eigenvalue weighted by Crippen LogP contribution is -2.45. The highest BCUT2D eigenvalue weighted by Crippen LogP contribution is 2.14. The summed E-state index contributed by atoms with van der Waals surface area (Å²) >= 11 is 0. The predicted octanol–water partition coefficient (Wildman–Crippen LogP) is 1.70. The number of carbonyl (C=O) groups is 1. The molecule has 1 aromatic heterocycles. The topological polar surface area (TPSA) is 75.3 Å². The van der Waals surface area contributed by atoms with Crippen LogP contribution in [0.25, 0.3) is 0 Å². The van der Waals surface area contributed by atoms with Crippen LogP contribution in [0.2, 0.25) is 0 Å². The van der Waals surface area contributed by atoms with Crippen molar-refractivity contribution in [3.63, 3.8) is 0 Å². The second-order valence-corrected chi connectivity index (χ2v) is 6.40. The van der Waals surface area contributed by atoms with E-state index in [9.17, 15) is 14.0 Å². The third-order valence-electron chi connectivity index (χ3n) is 4.47. The molecule has 0 saturated carbocycles. The van der Waals surface area contributed by atoms with Crippen LogP contribution in [0.15, 0.2) is 41.5 Å². The van der Waals surface area contributed by atoms with Gasteiger partial charge in [-0.1, -0.05) is 12.1 Å². The maximum absolute atomic E-state index is 13.2. The van der Waals surface area contributed by atoms with Crippen LogP contribution in [-0.2, 0) is 22.4 Å². The highest BCUT2D eigenvalue weighted by atomic mass is 19.1. The number of halogens is 1. The number of nitrogens with one attached hydrogen (secondary N) is 1. The van der Waals surface area contributed by atoms with Crippen molar-refractivity contribution in [3.8, 4) is 0 Å². The number of morpholine rings is 1. The molecular formula is C19H22FN3O3. The first kappa shape index (κ1) is 18.3. The Kier molecular flexibility index (Phi) is 6.12. The zero-order chi connectivity index (χ0) is 18.4. The zero-order valence-corrected chi connectivity index (χ0v) is 14.5. The van der Waals surface area contributed by atoms with Gasteiger partial charge in [0, 0.05) is 31.3 Å². The molecule has 3 rings (SSSR count). The highest BCUT2D eigenvalue weighted by Gasteiger charge is 2.24. The fourth-order valence-corrected chi connectivity index (χ4v) is 3.08. The number of nitrogens with zero attached hydrogens (tertiary/aromatic N) is 2. The SMILES string of the molecule is O=C(CCc1cccc(F)c1)N1CCO[C@H](CCc2cc(=O)[nH]cn2)C1. The molecule has 1 aliphatic heterocycles. The van der Waals surface area contributed by atoms with Gasteiger partial charge in [0.15, 0.2) is 0 Å². The Morgan fingerprint density at radius 3 is 3.04 bits per heavy atom. The highest BCUT2D eigenvalue weighted by molar-refractivity contribution is 5.76. The molecule has 1 aliphatic rings. The van der Waals surface area contributed by atoms with E-state index in [4.69, 9.17) is 4.74 Å². The summed E-state index contributed by atoms with van der Waals surface area (Å²) in [4.78, 5) is 32.1. The Hall–Kier alpha value is -2.54. The van der Waals surface area contributed by atoms with E-state index in [2.05, 4.69) is 9.97 Å². The standard InChI is InChI=1S/C19H22FN3O3/c20-15-3-1-2-14(10-15)4-7-19(25)23-8-9-26-17(12-23)6-5-16-11-18(24)22-13-21-16/h1-3,10-11,13,17H,4-9,12H2,(H,21,22,24)/t17-/m1/s1. The monoisotopic (exact) mass is 359 g/mol. The van der Waals surface area contributed by atoms with Gasteiger partial charge in [-0.05, 0) is 37.0 Å². The van der Waals surface area contributed by atoms with Crippen molar-refractivity contribution in [2.24, 2.45) is 0 Å². The number of aromatic nitrogens is 2. The van der Waals surface area contributed by atoms with Crippen LogP contribution in [0.5, 0.6) is 0 Å². The van der Waals surface area contributed by atoms with E-state index in [0.29, 0.717) is 51.1 Å². The Morgan fingerprint density at radius 1 is 1.35 bits per heavy atom. The molecule has 1 saturated heterocycles. The molecule has 0 radical (unpaired) electrons. The van der Waals surface area contributed by atoms with E-state index in [1.54, 1.807) is 11.0 Å². The summed E-state index contributed by atoms with van der Waals surface area (Å²) in [6, 6.07) is 7.82. The number of aromatic amines is 1. The average Bonchev–Trinajstić information content (AvgIpc) is 2.65. The molecule has 1 N–H and O–H groups in total. The Labute approximate surface area is 151 Å². The van der Waals surface area contributed by atoms with Gasteiger partial charge < -0.3 is 14.6 Å². The lowest BCUT2D eigenvalue weighted by molar-refractivity contribution is -0.138. The smallest absolute Gasteiger partial charge is 0.250 e. The fourth-order valence-electron chi connectivity index (χ4n) is 3.08. The van der Waals surface area contributed by atoms with E-state index in [-0.39, 0.29) is 23.4 Å². The Morgan fingerprint density at radius 2 is 2.23 bits per heavy atom. The van der Waals surface area contributed by atoms with Crippen LogP contribution >= 0.6 is 0 Å². The number of H-pyrrole nitrogens is 1. The molecule has 2 aromatic rings. The van der Waals surface area contributed by atoms with E-state index in [1.165, 1.54) is 24.5 Å². The van der Waals surface area contributed by atoms with Gasteiger partial charge in [0.2, 0.25) is 5.91 Å². The second kappa shape index (κ2) is 8.71. The average molecular weight is 359 g/mol. The van der Waals surface area contributed by atoms with E-state index in [1.807, 2.05) is 6.07 Å². The van der Waals surface area contributed by atoms with Crippen LogP contribution in [0, 0.1) is 5.82 Å². The van der Waals surface area contributed by atoms with Gasteiger partial charge in [-0.3, -0.25) is 9.59 Å². The van der Waals surface area contributed by atoms with Gasteiger partial charge in [0.05, 0.1) is 19.0 Å². The molecule has 26 heavy (non-hydrogen) atoms. The van der Waals surface area contributed by atoms with Gasteiger partial charge in [-0.15, -0.1) is 0 Å². The van der Waals surface area contributed by atoms with Crippen LogP contribution in [-0.4, -0.2) is 46.6 Å².